The third kappa shape index (κ3) is 2.06. The molecule has 19 heavy (non-hydrogen) atoms. The van der Waals surface area contributed by atoms with Gasteiger partial charge in [-0.05, 0) is 5.57 Å². The maximum atomic E-state index is 10.5. The number of ether oxygens (including phenoxy) is 2. The van der Waals surface area contributed by atoms with E-state index in [1.807, 2.05) is 6.08 Å². The second-order valence-corrected chi connectivity index (χ2v) is 4.88. The molecule has 3 rings (SSSR count). The van der Waals surface area contributed by atoms with E-state index in [1.54, 1.807) is 13.3 Å². The van der Waals surface area contributed by atoms with Gasteiger partial charge in [0.25, 0.3) is 0 Å². The van der Waals surface area contributed by atoms with Gasteiger partial charge in [0, 0.05) is 11.8 Å². The van der Waals surface area contributed by atoms with Crippen LogP contribution in [-0.2, 0) is 9.53 Å². The molecule has 0 saturated heterocycles. The van der Waals surface area contributed by atoms with Crippen LogP contribution in [-0.4, -0.2) is 36.7 Å². The third-order valence-electron chi connectivity index (χ3n) is 2.81. The molecule has 2 aromatic heterocycles. The van der Waals surface area contributed by atoms with Gasteiger partial charge in [0.1, 0.15) is 5.52 Å². The SMILES string of the molecule is COc1ncc(C2=CCOC2)c2sc(NC=O)nc12. The summed E-state index contributed by atoms with van der Waals surface area (Å²) in [6, 6.07) is 0. The summed E-state index contributed by atoms with van der Waals surface area (Å²) in [7, 11) is 1.55. The lowest BCUT2D eigenvalue weighted by atomic mass is 10.1. The van der Waals surface area contributed by atoms with Crippen molar-refractivity contribution in [1.82, 2.24) is 9.97 Å². The zero-order valence-corrected chi connectivity index (χ0v) is 11.0. The number of pyridine rings is 1. The molecule has 7 heteroatoms. The number of hydrogen-bond donors (Lipinski definition) is 1. The van der Waals surface area contributed by atoms with Gasteiger partial charge >= 0.3 is 0 Å². The number of rotatable bonds is 4. The van der Waals surface area contributed by atoms with Gasteiger partial charge in [-0.3, -0.25) is 4.79 Å². The molecule has 1 aliphatic heterocycles. The van der Waals surface area contributed by atoms with E-state index in [1.165, 1.54) is 11.3 Å². The Bertz CT molecular complexity index is 666. The Morgan fingerprint density at radius 1 is 1.58 bits per heavy atom. The molecule has 3 heterocycles. The standard InChI is InChI=1S/C12H11N3O3S/c1-17-11-9-10(19-12(15-9)14-6-16)8(4-13-11)7-2-3-18-5-7/h2,4,6H,3,5H2,1H3,(H,14,15,16). The minimum absolute atomic E-state index is 0.452. The Kier molecular flexibility index (Phi) is 3.14. The Morgan fingerprint density at radius 3 is 3.16 bits per heavy atom. The number of carbonyl (C=O) groups excluding carboxylic acids is 1. The van der Waals surface area contributed by atoms with Crippen LogP contribution in [0.4, 0.5) is 5.13 Å². The maximum absolute atomic E-state index is 10.5. The van der Waals surface area contributed by atoms with Crippen LogP contribution >= 0.6 is 11.3 Å². The van der Waals surface area contributed by atoms with Gasteiger partial charge in [-0.15, -0.1) is 0 Å². The summed E-state index contributed by atoms with van der Waals surface area (Å²) in [5.74, 6) is 0.452. The lowest BCUT2D eigenvalue weighted by Crippen LogP contribution is -1.94. The smallest absolute Gasteiger partial charge is 0.241 e. The number of hydrogen-bond acceptors (Lipinski definition) is 6. The predicted octanol–water partition coefficient (Wildman–Crippen LogP) is 1.68. The average molecular weight is 277 g/mol. The number of methoxy groups -OCH3 is 1. The van der Waals surface area contributed by atoms with Crippen molar-refractivity contribution < 1.29 is 14.3 Å². The van der Waals surface area contributed by atoms with Crippen molar-refractivity contribution >= 4 is 38.7 Å². The lowest BCUT2D eigenvalue weighted by molar-refractivity contribution is -0.105. The number of nitrogens with zero attached hydrogens (tertiary/aromatic N) is 2. The zero-order valence-electron chi connectivity index (χ0n) is 10.2. The van der Waals surface area contributed by atoms with Gasteiger partial charge < -0.3 is 14.8 Å². The van der Waals surface area contributed by atoms with Gasteiger partial charge in [-0.25, -0.2) is 9.97 Å². The van der Waals surface area contributed by atoms with Crippen molar-refractivity contribution in [1.29, 1.82) is 0 Å². The summed E-state index contributed by atoms with van der Waals surface area (Å²) in [6.45, 7) is 1.18. The largest absolute Gasteiger partial charge is 0.479 e. The van der Waals surface area contributed by atoms with Gasteiger partial charge in [-0.2, -0.15) is 0 Å². The van der Waals surface area contributed by atoms with Gasteiger partial charge in [-0.1, -0.05) is 17.4 Å². The first-order valence-electron chi connectivity index (χ1n) is 5.64. The molecule has 98 valence electrons. The first kappa shape index (κ1) is 12.1. The molecule has 2 aromatic rings. The highest BCUT2D eigenvalue weighted by Gasteiger charge is 2.18. The van der Waals surface area contributed by atoms with Crippen LogP contribution in [0.3, 0.4) is 0 Å². The summed E-state index contributed by atoms with van der Waals surface area (Å²) >= 11 is 1.39. The number of amides is 1. The fourth-order valence-corrected chi connectivity index (χ4v) is 2.92. The van der Waals surface area contributed by atoms with Gasteiger partial charge in [0.2, 0.25) is 12.3 Å². The first-order chi connectivity index (χ1) is 9.33. The lowest BCUT2D eigenvalue weighted by Gasteiger charge is -2.04. The number of anilines is 1. The second-order valence-electron chi connectivity index (χ2n) is 3.88. The van der Waals surface area contributed by atoms with Gasteiger partial charge in [0.05, 0.1) is 25.0 Å². The third-order valence-corrected chi connectivity index (χ3v) is 3.83. The molecule has 1 N–H and O–H groups in total. The Balaban J connectivity index is 2.19. The minimum atomic E-state index is 0.452. The fraction of sp³-hybridized carbons (Fsp3) is 0.250. The molecular weight excluding hydrogens is 266 g/mol. The van der Waals surface area contributed by atoms with Crippen LogP contribution in [0.25, 0.3) is 15.8 Å². The molecule has 0 bridgehead atoms. The summed E-state index contributed by atoms with van der Waals surface area (Å²) in [5, 5.41) is 3.08. The van der Waals surface area contributed by atoms with Crippen LogP contribution < -0.4 is 10.1 Å². The zero-order chi connectivity index (χ0) is 13.2. The first-order valence-corrected chi connectivity index (χ1v) is 6.46. The van der Waals surface area contributed by atoms with Crippen LogP contribution in [0, 0.1) is 0 Å². The van der Waals surface area contributed by atoms with E-state index in [-0.39, 0.29) is 0 Å². The summed E-state index contributed by atoms with van der Waals surface area (Å²) in [5.41, 5.74) is 2.72. The molecule has 0 radical (unpaired) electrons. The molecule has 0 unspecified atom stereocenters. The summed E-state index contributed by atoms with van der Waals surface area (Å²) in [6.07, 6.45) is 4.38. The van der Waals surface area contributed by atoms with E-state index < -0.39 is 0 Å². The average Bonchev–Trinajstić information content (AvgIpc) is 3.06. The molecule has 0 aromatic carbocycles. The van der Waals surface area contributed by atoms with Crippen molar-refractivity contribution in [2.24, 2.45) is 0 Å². The van der Waals surface area contributed by atoms with Crippen molar-refractivity contribution in [2.75, 3.05) is 25.6 Å². The second kappa shape index (κ2) is 4.94. The molecule has 0 fully saturated rings. The van der Waals surface area contributed by atoms with Crippen molar-refractivity contribution in [3.05, 3.63) is 17.8 Å². The normalized spacial score (nSPS) is 14.5. The highest BCUT2D eigenvalue weighted by molar-refractivity contribution is 7.22. The van der Waals surface area contributed by atoms with E-state index in [2.05, 4.69) is 15.3 Å². The Labute approximate surface area is 113 Å². The molecule has 6 nitrogen and oxygen atoms in total. The summed E-state index contributed by atoms with van der Waals surface area (Å²) < 4.78 is 11.5. The number of thiazole rings is 1. The highest BCUT2D eigenvalue weighted by atomic mass is 32.1. The van der Waals surface area contributed by atoms with E-state index >= 15 is 0 Å². The predicted molar refractivity (Wildman–Crippen MR) is 72.4 cm³/mol. The van der Waals surface area contributed by atoms with Crippen molar-refractivity contribution in [2.45, 2.75) is 0 Å². The van der Waals surface area contributed by atoms with Crippen LogP contribution in [0.2, 0.25) is 0 Å². The molecule has 1 aliphatic rings. The molecule has 1 amide bonds. The molecule has 0 aliphatic carbocycles. The topological polar surface area (TPSA) is 73.3 Å². The van der Waals surface area contributed by atoms with Crippen molar-refractivity contribution in [3.8, 4) is 5.88 Å². The highest BCUT2D eigenvalue weighted by Crippen LogP contribution is 2.36. The van der Waals surface area contributed by atoms with Crippen LogP contribution in [0.5, 0.6) is 5.88 Å². The minimum Gasteiger partial charge on any atom is -0.479 e. The molecular formula is C12H11N3O3S. The number of carbonyl (C=O) groups is 1. The molecule has 0 spiro atoms. The van der Waals surface area contributed by atoms with E-state index in [0.717, 1.165) is 15.8 Å². The molecule has 0 saturated carbocycles. The molecule has 0 atom stereocenters. The Morgan fingerprint density at radius 2 is 2.47 bits per heavy atom. The monoisotopic (exact) mass is 277 g/mol. The Hall–Kier alpha value is -1.99. The number of aromatic nitrogens is 2. The van der Waals surface area contributed by atoms with Gasteiger partial charge in [0.15, 0.2) is 5.13 Å². The number of nitrogens with one attached hydrogen (secondary N) is 1. The fourth-order valence-electron chi connectivity index (χ4n) is 1.96. The van der Waals surface area contributed by atoms with Crippen LogP contribution in [0.1, 0.15) is 5.56 Å². The van der Waals surface area contributed by atoms with Crippen LogP contribution in [0.15, 0.2) is 12.3 Å². The number of fused-ring (bicyclic) bond motifs is 1. The maximum Gasteiger partial charge on any atom is 0.241 e. The van der Waals surface area contributed by atoms with Crippen molar-refractivity contribution in [3.63, 3.8) is 0 Å². The summed E-state index contributed by atoms with van der Waals surface area (Å²) in [4.78, 5) is 19.1. The quantitative estimate of drug-likeness (QED) is 0.861. The van der Waals surface area contributed by atoms with E-state index in [9.17, 15) is 4.79 Å². The van der Waals surface area contributed by atoms with E-state index in [0.29, 0.717) is 36.2 Å². The van der Waals surface area contributed by atoms with E-state index in [4.69, 9.17) is 9.47 Å².